The molecule has 0 fully saturated rings. The lowest BCUT2D eigenvalue weighted by Crippen LogP contribution is -2.22. The Balaban J connectivity index is 2.06. The number of aromatic carboxylic acids is 1. The second kappa shape index (κ2) is 7.08. The van der Waals surface area contributed by atoms with Gasteiger partial charge < -0.3 is 14.5 Å². The largest absolute Gasteiger partial charge is 0.545 e. The molecule has 1 heterocycles. The lowest BCUT2D eigenvalue weighted by atomic mass is 10.1. The lowest BCUT2D eigenvalue weighted by Gasteiger charge is -2.10. The molecule has 0 atom stereocenters. The standard InChI is InChI=1S/C20H13ClN2O2/c21-17-6-1-4-14(10-17)16(13-22)12-19-8-3-9-23(19)18-7-2-5-15(11-18)20(24)25/h1-12H,(H,24,25)/p-1/b16-12+. The molecule has 0 aliphatic heterocycles. The third kappa shape index (κ3) is 3.63. The highest BCUT2D eigenvalue weighted by atomic mass is 35.5. The summed E-state index contributed by atoms with van der Waals surface area (Å²) in [5.41, 5.74) is 2.68. The van der Waals surface area contributed by atoms with E-state index in [4.69, 9.17) is 11.6 Å². The first kappa shape index (κ1) is 16.6. The zero-order chi connectivity index (χ0) is 17.8. The minimum absolute atomic E-state index is 0.0940. The Hall–Kier alpha value is -3.29. The Labute approximate surface area is 149 Å². The average Bonchev–Trinajstić information content (AvgIpc) is 3.08. The van der Waals surface area contributed by atoms with Crippen LogP contribution in [-0.4, -0.2) is 10.5 Å². The second-order valence-corrected chi connectivity index (χ2v) is 5.76. The van der Waals surface area contributed by atoms with Crippen molar-refractivity contribution in [3.8, 4) is 11.8 Å². The number of nitrogens with zero attached hydrogens (tertiary/aromatic N) is 2. The molecule has 0 saturated carbocycles. The van der Waals surface area contributed by atoms with E-state index in [9.17, 15) is 15.2 Å². The number of carboxylic acid groups (broad SMARTS) is 1. The van der Waals surface area contributed by atoms with Gasteiger partial charge in [0.25, 0.3) is 0 Å². The molecule has 122 valence electrons. The van der Waals surface area contributed by atoms with Crippen LogP contribution in [0.5, 0.6) is 0 Å². The molecule has 0 amide bonds. The summed E-state index contributed by atoms with van der Waals surface area (Å²) in [4.78, 5) is 11.1. The highest BCUT2D eigenvalue weighted by Gasteiger charge is 2.07. The Morgan fingerprint density at radius 3 is 2.56 bits per heavy atom. The quantitative estimate of drug-likeness (QED) is 0.677. The van der Waals surface area contributed by atoms with E-state index in [1.54, 1.807) is 47.2 Å². The van der Waals surface area contributed by atoms with Gasteiger partial charge in [-0.1, -0.05) is 35.9 Å². The van der Waals surface area contributed by atoms with E-state index in [2.05, 4.69) is 6.07 Å². The molecular formula is C20H12ClN2O2-. The first-order chi connectivity index (χ1) is 12.1. The molecule has 3 rings (SSSR count). The third-order valence-corrected chi connectivity index (χ3v) is 3.92. The molecule has 0 bridgehead atoms. The number of carboxylic acids is 1. The monoisotopic (exact) mass is 347 g/mol. The number of rotatable bonds is 4. The number of benzene rings is 2. The van der Waals surface area contributed by atoms with Crippen LogP contribution in [0.15, 0.2) is 66.9 Å². The number of hydrogen-bond acceptors (Lipinski definition) is 3. The molecular weight excluding hydrogens is 336 g/mol. The molecule has 0 radical (unpaired) electrons. The maximum atomic E-state index is 11.1. The molecule has 4 nitrogen and oxygen atoms in total. The van der Waals surface area contributed by atoms with Crippen LogP contribution in [0.3, 0.4) is 0 Å². The lowest BCUT2D eigenvalue weighted by molar-refractivity contribution is -0.255. The van der Waals surface area contributed by atoms with Gasteiger partial charge >= 0.3 is 0 Å². The van der Waals surface area contributed by atoms with Crippen molar-refractivity contribution >= 4 is 29.2 Å². The van der Waals surface area contributed by atoms with Gasteiger partial charge in [-0.15, -0.1) is 0 Å². The number of aromatic nitrogens is 1. The van der Waals surface area contributed by atoms with Crippen molar-refractivity contribution in [3.05, 3.63) is 88.7 Å². The van der Waals surface area contributed by atoms with Crippen molar-refractivity contribution in [2.24, 2.45) is 0 Å². The molecule has 25 heavy (non-hydrogen) atoms. The molecule has 3 aromatic rings. The fourth-order valence-electron chi connectivity index (χ4n) is 2.51. The Kier molecular flexibility index (Phi) is 4.69. The fraction of sp³-hybridized carbons (Fsp3) is 0. The van der Waals surface area contributed by atoms with Crippen molar-refractivity contribution in [1.82, 2.24) is 4.57 Å². The van der Waals surface area contributed by atoms with Gasteiger partial charge in [-0.05, 0) is 53.6 Å². The number of allylic oxidation sites excluding steroid dienone is 1. The topological polar surface area (TPSA) is 68.8 Å². The Morgan fingerprint density at radius 1 is 1.08 bits per heavy atom. The van der Waals surface area contributed by atoms with Crippen molar-refractivity contribution in [3.63, 3.8) is 0 Å². The van der Waals surface area contributed by atoms with E-state index in [-0.39, 0.29) is 5.56 Å². The van der Waals surface area contributed by atoms with Crippen molar-refractivity contribution in [1.29, 1.82) is 5.26 Å². The molecule has 5 heteroatoms. The van der Waals surface area contributed by atoms with Crippen LogP contribution in [0.2, 0.25) is 5.02 Å². The van der Waals surface area contributed by atoms with Crippen LogP contribution in [0.4, 0.5) is 0 Å². The zero-order valence-electron chi connectivity index (χ0n) is 13.0. The number of carbonyl (C=O) groups excluding carboxylic acids is 1. The highest BCUT2D eigenvalue weighted by Crippen LogP contribution is 2.23. The number of hydrogen-bond donors (Lipinski definition) is 0. The summed E-state index contributed by atoms with van der Waals surface area (Å²) in [5, 5.41) is 21.1. The summed E-state index contributed by atoms with van der Waals surface area (Å²) >= 11 is 6.00. The van der Waals surface area contributed by atoms with E-state index in [0.717, 1.165) is 5.69 Å². The number of carbonyl (C=O) groups is 1. The molecule has 0 N–H and O–H groups in total. The first-order valence-corrected chi connectivity index (χ1v) is 7.83. The molecule has 1 aromatic heterocycles. The van der Waals surface area contributed by atoms with Gasteiger partial charge in [-0.3, -0.25) is 0 Å². The summed E-state index contributed by atoms with van der Waals surface area (Å²) in [6, 6.07) is 19.3. The van der Waals surface area contributed by atoms with E-state index in [0.29, 0.717) is 21.8 Å². The second-order valence-electron chi connectivity index (χ2n) is 5.32. The summed E-state index contributed by atoms with van der Waals surface area (Å²) < 4.78 is 1.80. The van der Waals surface area contributed by atoms with E-state index < -0.39 is 5.97 Å². The van der Waals surface area contributed by atoms with Gasteiger partial charge in [0, 0.05) is 22.6 Å². The van der Waals surface area contributed by atoms with Gasteiger partial charge in [0.1, 0.15) is 0 Å². The summed E-state index contributed by atoms with van der Waals surface area (Å²) in [6.07, 6.45) is 3.53. The van der Waals surface area contributed by atoms with Gasteiger partial charge in [-0.25, -0.2) is 0 Å². The van der Waals surface area contributed by atoms with Gasteiger partial charge in [-0.2, -0.15) is 5.26 Å². The predicted molar refractivity (Wildman–Crippen MR) is 95.0 cm³/mol. The third-order valence-electron chi connectivity index (χ3n) is 3.69. The zero-order valence-corrected chi connectivity index (χ0v) is 13.8. The molecule has 0 unspecified atom stereocenters. The minimum atomic E-state index is -1.23. The molecule has 0 aliphatic rings. The highest BCUT2D eigenvalue weighted by molar-refractivity contribution is 6.30. The SMILES string of the molecule is N#C/C(=C\c1cccn1-c1cccc(C(=O)[O-])c1)c1cccc(Cl)c1. The van der Waals surface area contributed by atoms with Crippen LogP contribution < -0.4 is 5.11 Å². The first-order valence-electron chi connectivity index (χ1n) is 7.45. The van der Waals surface area contributed by atoms with E-state index in [1.807, 2.05) is 18.2 Å². The smallest absolute Gasteiger partial charge is 0.0998 e. The molecule has 0 aliphatic carbocycles. The Bertz CT molecular complexity index is 1010. The number of nitriles is 1. The number of halogens is 1. The van der Waals surface area contributed by atoms with Crippen LogP contribution >= 0.6 is 11.6 Å². The fourth-order valence-corrected chi connectivity index (χ4v) is 2.70. The van der Waals surface area contributed by atoms with Crippen LogP contribution in [0.25, 0.3) is 17.3 Å². The van der Waals surface area contributed by atoms with Gasteiger partial charge in [0.05, 0.1) is 17.6 Å². The average molecular weight is 348 g/mol. The molecule has 0 saturated heterocycles. The van der Waals surface area contributed by atoms with Crippen molar-refractivity contribution in [2.45, 2.75) is 0 Å². The van der Waals surface area contributed by atoms with Crippen molar-refractivity contribution in [2.75, 3.05) is 0 Å². The summed E-state index contributed by atoms with van der Waals surface area (Å²) in [7, 11) is 0. The predicted octanol–water partition coefficient (Wildman–Crippen LogP) is 3.56. The van der Waals surface area contributed by atoms with Crippen LogP contribution in [0.1, 0.15) is 21.6 Å². The molecule has 0 spiro atoms. The summed E-state index contributed by atoms with van der Waals surface area (Å²) in [6.45, 7) is 0. The summed E-state index contributed by atoms with van der Waals surface area (Å²) in [5.74, 6) is -1.23. The molecule has 2 aromatic carbocycles. The van der Waals surface area contributed by atoms with E-state index in [1.165, 1.54) is 12.1 Å². The van der Waals surface area contributed by atoms with Crippen LogP contribution in [-0.2, 0) is 0 Å². The van der Waals surface area contributed by atoms with Gasteiger partial charge in [0.2, 0.25) is 0 Å². The minimum Gasteiger partial charge on any atom is -0.545 e. The van der Waals surface area contributed by atoms with Crippen LogP contribution in [0, 0.1) is 11.3 Å². The normalized spacial score (nSPS) is 11.1. The maximum Gasteiger partial charge on any atom is 0.0998 e. The Morgan fingerprint density at radius 2 is 1.84 bits per heavy atom. The maximum absolute atomic E-state index is 11.1. The van der Waals surface area contributed by atoms with Gasteiger partial charge in [0.15, 0.2) is 0 Å². The van der Waals surface area contributed by atoms with E-state index >= 15 is 0 Å². The van der Waals surface area contributed by atoms with Crippen molar-refractivity contribution < 1.29 is 9.90 Å².